The Bertz CT molecular complexity index is 477. The molecule has 0 saturated carbocycles. The van der Waals surface area contributed by atoms with Gasteiger partial charge < -0.3 is 14.7 Å². The molecule has 0 spiro atoms. The number of rotatable bonds is 5. The van der Waals surface area contributed by atoms with Gasteiger partial charge in [0.05, 0.1) is 12.2 Å². The van der Waals surface area contributed by atoms with Crippen LogP contribution in [-0.2, 0) is 20.9 Å². The largest absolute Gasteiger partial charge is 0.479 e. The lowest BCUT2D eigenvalue weighted by Crippen LogP contribution is -2.39. The number of aromatic nitrogens is 1. The lowest BCUT2D eigenvalue weighted by atomic mass is 10.1. The van der Waals surface area contributed by atoms with E-state index in [4.69, 9.17) is 9.84 Å². The van der Waals surface area contributed by atoms with Crippen molar-refractivity contribution in [1.29, 1.82) is 0 Å². The van der Waals surface area contributed by atoms with Crippen molar-refractivity contribution in [2.45, 2.75) is 38.5 Å². The van der Waals surface area contributed by atoms with Crippen LogP contribution in [0.5, 0.6) is 0 Å². The molecule has 1 aromatic heterocycles. The first-order chi connectivity index (χ1) is 9.61. The monoisotopic (exact) mass is 278 g/mol. The first kappa shape index (κ1) is 14.5. The third-order valence-corrected chi connectivity index (χ3v) is 3.34. The van der Waals surface area contributed by atoms with Crippen LogP contribution >= 0.6 is 0 Å². The third kappa shape index (κ3) is 3.33. The molecule has 6 heteroatoms. The van der Waals surface area contributed by atoms with Gasteiger partial charge in [-0.05, 0) is 31.9 Å². The predicted octanol–water partition coefficient (Wildman–Crippen LogP) is 1.06. The lowest BCUT2D eigenvalue weighted by Gasteiger charge is -2.23. The second kappa shape index (κ2) is 6.47. The molecule has 0 unspecified atom stereocenters. The van der Waals surface area contributed by atoms with Gasteiger partial charge in [-0.25, -0.2) is 4.79 Å². The Morgan fingerprint density at radius 1 is 1.40 bits per heavy atom. The van der Waals surface area contributed by atoms with Crippen LogP contribution in [0.2, 0.25) is 0 Å². The van der Waals surface area contributed by atoms with Gasteiger partial charge in [-0.2, -0.15) is 0 Å². The SMILES string of the molecule is CCN(Cc1ccccn1)C(=O)[C@@H]1CC[C@H](C(=O)O)O1. The van der Waals surface area contributed by atoms with Crippen LogP contribution in [0.1, 0.15) is 25.5 Å². The standard InChI is InChI=1S/C14H18N2O4/c1-2-16(9-10-5-3-4-8-15-10)13(17)11-6-7-12(20-11)14(18)19/h3-5,8,11-12H,2,6-7,9H2,1H3,(H,18,19)/t11-,12+/m0/s1. The average molecular weight is 278 g/mol. The number of pyridine rings is 1. The van der Waals surface area contributed by atoms with Crippen molar-refractivity contribution in [2.75, 3.05) is 6.54 Å². The summed E-state index contributed by atoms with van der Waals surface area (Å²) < 4.78 is 5.29. The molecule has 2 atom stereocenters. The highest BCUT2D eigenvalue weighted by atomic mass is 16.5. The summed E-state index contributed by atoms with van der Waals surface area (Å²) in [5.74, 6) is -1.17. The van der Waals surface area contributed by atoms with Crippen LogP contribution in [0.25, 0.3) is 0 Å². The zero-order valence-corrected chi connectivity index (χ0v) is 11.4. The van der Waals surface area contributed by atoms with E-state index < -0.39 is 18.2 Å². The number of carboxylic acids is 1. The van der Waals surface area contributed by atoms with E-state index in [1.807, 2.05) is 25.1 Å². The summed E-state index contributed by atoms with van der Waals surface area (Å²) in [6.07, 6.45) is 0.999. The molecule has 0 aliphatic carbocycles. The highest BCUT2D eigenvalue weighted by Gasteiger charge is 2.36. The van der Waals surface area contributed by atoms with Crippen LogP contribution in [0.3, 0.4) is 0 Å². The molecule has 1 N–H and O–H groups in total. The molecule has 20 heavy (non-hydrogen) atoms. The summed E-state index contributed by atoms with van der Waals surface area (Å²) in [4.78, 5) is 29.0. The van der Waals surface area contributed by atoms with Gasteiger partial charge in [0.15, 0.2) is 6.10 Å². The van der Waals surface area contributed by atoms with Crippen LogP contribution < -0.4 is 0 Å². The van der Waals surface area contributed by atoms with Crippen molar-refractivity contribution in [3.05, 3.63) is 30.1 Å². The van der Waals surface area contributed by atoms with Crippen LogP contribution in [0.15, 0.2) is 24.4 Å². The maximum Gasteiger partial charge on any atom is 0.332 e. The Balaban J connectivity index is 1.98. The molecule has 108 valence electrons. The van der Waals surface area contributed by atoms with Crippen LogP contribution in [0.4, 0.5) is 0 Å². The maximum absolute atomic E-state index is 12.3. The van der Waals surface area contributed by atoms with Crippen molar-refractivity contribution in [3.63, 3.8) is 0 Å². The molecule has 1 fully saturated rings. The van der Waals surface area contributed by atoms with Crippen molar-refractivity contribution in [1.82, 2.24) is 9.88 Å². The van der Waals surface area contributed by atoms with E-state index in [1.165, 1.54) is 0 Å². The summed E-state index contributed by atoms with van der Waals surface area (Å²) in [5.41, 5.74) is 0.801. The van der Waals surface area contributed by atoms with Gasteiger partial charge >= 0.3 is 5.97 Å². The molecule has 2 heterocycles. The summed E-state index contributed by atoms with van der Waals surface area (Å²) >= 11 is 0. The minimum absolute atomic E-state index is 0.165. The summed E-state index contributed by atoms with van der Waals surface area (Å²) in [6, 6.07) is 5.54. The fraction of sp³-hybridized carbons (Fsp3) is 0.500. The molecule has 1 saturated heterocycles. The number of ether oxygens (including phenoxy) is 1. The highest BCUT2D eigenvalue weighted by molar-refractivity contribution is 5.82. The van der Waals surface area contributed by atoms with Crippen LogP contribution in [0, 0.1) is 0 Å². The average Bonchev–Trinajstić information content (AvgIpc) is 2.95. The second-order valence-electron chi connectivity index (χ2n) is 4.70. The number of carbonyl (C=O) groups is 2. The predicted molar refractivity (Wildman–Crippen MR) is 70.9 cm³/mol. The summed E-state index contributed by atoms with van der Waals surface area (Å²) in [7, 11) is 0. The molecule has 1 aromatic rings. The maximum atomic E-state index is 12.3. The van der Waals surface area contributed by atoms with Gasteiger partial charge in [0.25, 0.3) is 5.91 Å². The fourth-order valence-electron chi connectivity index (χ4n) is 2.24. The quantitative estimate of drug-likeness (QED) is 0.871. The smallest absolute Gasteiger partial charge is 0.332 e. The Morgan fingerprint density at radius 3 is 2.70 bits per heavy atom. The minimum Gasteiger partial charge on any atom is -0.479 e. The Labute approximate surface area is 117 Å². The number of carbonyl (C=O) groups excluding carboxylic acids is 1. The number of carboxylic acid groups (broad SMARTS) is 1. The van der Waals surface area contributed by atoms with Gasteiger partial charge in [-0.1, -0.05) is 6.07 Å². The molecular weight excluding hydrogens is 260 g/mol. The zero-order valence-electron chi connectivity index (χ0n) is 11.4. The lowest BCUT2D eigenvalue weighted by molar-refractivity contribution is -0.155. The molecule has 1 aliphatic rings. The Morgan fingerprint density at radius 2 is 2.15 bits per heavy atom. The Kier molecular flexibility index (Phi) is 4.68. The number of aliphatic carboxylic acids is 1. The van der Waals surface area contributed by atoms with E-state index in [2.05, 4.69) is 4.98 Å². The van der Waals surface area contributed by atoms with Crippen molar-refractivity contribution in [2.24, 2.45) is 0 Å². The number of nitrogens with zero attached hydrogens (tertiary/aromatic N) is 2. The van der Waals surface area contributed by atoms with E-state index in [0.29, 0.717) is 25.9 Å². The molecule has 0 bridgehead atoms. The van der Waals surface area contributed by atoms with Gasteiger partial charge in [-0.15, -0.1) is 0 Å². The van der Waals surface area contributed by atoms with E-state index in [0.717, 1.165) is 5.69 Å². The van der Waals surface area contributed by atoms with E-state index in [-0.39, 0.29) is 5.91 Å². The summed E-state index contributed by atoms with van der Waals surface area (Å²) in [5, 5.41) is 8.88. The van der Waals surface area contributed by atoms with Crippen molar-refractivity contribution in [3.8, 4) is 0 Å². The van der Waals surface area contributed by atoms with Gasteiger partial charge in [-0.3, -0.25) is 9.78 Å². The number of amides is 1. The molecule has 6 nitrogen and oxygen atoms in total. The molecular formula is C14H18N2O4. The minimum atomic E-state index is -1.01. The number of likely N-dealkylation sites (N-methyl/N-ethyl adjacent to an activating group) is 1. The Hall–Kier alpha value is -1.95. The van der Waals surface area contributed by atoms with Crippen molar-refractivity contribution >= 4 is 11.9 Å². The molecule has 0 aromatic carbocycles. The number of hydrogen-bond acceptors (Lipinski definition) is 4. The third-order valence-electron chi connectivity index (χ3n) is 3.34. The first-order valence-corrected chi connectivity index (χ1v) is 6.68. The van der Waals surface area contributed by atoms with Gasteiger partial charge in [0, 0.05) is 12.7 Å². The molecule has 1 aliphatic heterocycles. The van der Waals surface area contributed by atoms with Crippen molar-refractivity contribution < 1.29 is 19.4 Å². The molecule has 2 rings (SSSR count). The van der Waals surface area contributed by atoms with E-state index >= 15 is 0 Å². The highest BCUT2D eigenvalue weighted by Crippen LogP contribution is 2.22. The fourth-order valence-corrected chi connectivity index (χ4v) is 2.24. The zero-order chi connectivity index (χ0) is 14.5. The molecule has 0 radical (unpaired) electrons. The van der Waals surface area contributed by atoms with Gasteiger partial charge in [0.1, 0.15) is 6.10 Å². The number of hydrogen-bond donors (Lipinski definition) is 1. The second-order valence-corrected chi connectivity index (χ2v) is 4.70. The normalized spacial score (nSPS) is 21.6. The van der Waals surface area contributed by atoms with E-state index in [9.17, 15) is 9.59 Å². The summed E-state index contributed by atoms with van der Waals surface area (Å²) in [6.45, 7) is 2.82. The molecule has 1 amide bonds. The van der Waals surface area contributed by atoms with Crippen LogP contribution in [-0.4, -0.2) is 45.6 Å². The topological polar surface area (TPSA) is 79.7 Å². The van der Waals surface area contributed by atoms with Gasteiger partial charge in [0.2, 0.25) is 0 Å². The van der Waals surface area contributed by atoms with E-state index in [1.54, 1.807) is 11.1 Å². The first-order valence-electron chi connectivity index (χ1n) is 6.68.